The van der Waals surface area contributed by atoms with Gasteiger partial charge in [-0.3, -0.25) is 9.48 Å². The number of nitrogens with zero attached hydrogens (tertiary/aromatic N) is 4. The largest absolute Gasteiger partial charge is 0.491 e. The molecule has 2 aromatic rings. The first-order valence-electron chi connectivity index (χ1n) is 9.20. The van der Waals surface area contributed by atoms with Crippen LogP contribution in [-0.4, -0.2) is 39.0 Å². The molecule has 0 saturated heterocycles. The van der Waals surface area contributed by atoms with Crippen molar-refractivity contribution in [3.8, 4) is 5.75 Å². The molecule has 1 aromatic heterocycles. The van der Waals surface area contributed by atoms with E-state index in [0.717, 1.165) is 17.9 Å². The third-order valence-corrected chi connectivity index (χ3v) is 5.17. The first kappa shape index (κ1) is 16.1. The predicted octanol–water partition coefficient (Wildman–Crippen LogP) is 2.89. The second-order valence-corrected chi connectivity index (χ2v) is 7.01. The van der Waals surface area contributed by atoms with Crippen molar-refractivity contribution in [1.29, 1.82) is 0 Å². The Morgan fingerprint density at radius 2 is 2.04 bits per heavy atom. The molecule has 1 amide bonds. The van der Waals surface area contributed by atoms with Crippen molar-refractivity contribution in [2.75, 3.05) is 13.2 Å². The van der Waals surface area contributed by atoms with Crippen LogP contribution in [0.4, 0.5) is 0 Å². The fourth-order valence-electron chi connectivity index (χ4n) is 3.78. The summed E-state index contributed by atoms with van der Waals surface area (Å²) in [4.78, 5) is 14.6. The number of amides is 1. The number of carbonyl (C=O) groups excluding carboxylic acids is 1. The molecule has 0 bridgehead atoms. The van der Waals surface area contributed by atoms with E-state index in [-0.39, 0.29) is 5.91 Å². The van der Waals surface area contributed by atoms with Crippen LogP contribution >= 0.6 is 0 Å². The van der Waals surface area contributed by atoms with Crippen LogP contribution in [0, 0.1) is 5.92 Å². The summed E-state index contributed by atoms with van der Waals surface area (Å²) < 4.78 is 7.57. The minimum Gasteiger partial charge on any atom is -0.491 e. The van der Waals surface area contributed by atoms with Gasteiger partial charge < -0.3 is 9.64 Å². The predicted molar refractivity (Wildman–Crippen MR) is 93.3 cm³/mol. The summed E-state index contributed by atoms with van der Waals surface area (Å²) in [6.07, 6.45) is 8.26. The van der Waals surface area contributed by atoms with Crippen LogP contribution in [-0.2, 0) is 13.1 Å². The number of carbonyl (C=O) groups is 1. The topological polar surface area (TPSA) is 60.2 Å². The fourth-order valence-corrected chi connectivity index (χ4v) is 3.78. The molecule has 6 nitrogen and oxygen atoms in total. The van der Waals surface area contributed by atoms with Gasteiger partial charge in [-0.2, -0.15) is 0 Å². The highest BCUT2D eigenvalue weighted by Crippen LogP contribution is 2.25. The Kier molecular flexibility index (Phi) is 4.68. The number of rotatable bonds is 3. The zero-order valence-corrected chi connectivity index (χ0v) is 14.4. The Bertz CT molecular complexity index is 737. The van der Waals surface area contributed by atoms with Crippen molar-refractivity contribution in [3.05, 3.63) is 41.7 Å². The molecule has 0 atom stereocenters. The zero-order chi connectivity index (χ0) is 17.1. The molecule has 1 aromatic carbocycles. The summed E-state index contributed by atoms with van der Waals surface area (Å²) in [5, 5.41) is 8.31. The summed E-state index contributed by atoms with van der Waals surface area (Å²) in [6, 6.07) is 7.87. The third kappa shape index (κ3) is 3.67. The number of hydrogen-bond acceptors (Lipinski definition) is 4. The summed E-state index contributed by atoms with van der Waals surface area (Å²) in [6.45, 7) is 2.47. The maximum absolute atomic E-state index is 12.8. The van der Waals surface area contributed by atoms with Gasteiger partial charge in [-0.25, -0.2) is 0 Å². The number of fused-ring (bicyclic) bond motifs is 1. The monoisotopic (exact) mass is 340 g/mol. The third-order valence-electron chi connectivity index (χ3n) is 5.17. The van der Waals surface area contributed by atoms with Gasteiger partial charge in [0.05, 0.1) is 12.7 Å². The number of aromatic nitrogens is 3. The standard InChI is InChI=1S/C19H24N4O2/c24-19(22-10-11-25-18-9-5-4-8-16(18)13-22)17-14-23(21-20-17)12-15-6-2-1-3-7-15/h4-5,8-9,14-15H,1-3,6-7,10-13H2. The van der Waals surface area contributed by atoms with E-state index in [1.807, 2.05) is 28.9 Å². The van der Waals surface area contributed by atoms with Crippen LogP contribution < -0.4 is 4.74 Å². The van der Waals surface area contributed by atoms with E-state index >= 15 is 0 Å². The van der Waals surface area contributed by atoms with Gasteiger partial charge in [-0.15, -0.1) is 5.10 Å². The lowest BCUT2D eigenvalue weighted by Gasteiger charge is -2.20. The smallest absolute Gasteiger partial charge is 0.276 e. The highest BCUT2D eigenvalue weighted by Gasteiger charge is 2.23. The molecule has 1 aliphatic carbocycles. The lowest BCUT2D eigenvalue weighted by molar-refractivity contribution is 0.0727. The molecule has 4 rings (SSSR count). The Morgan fingerprint density at radius 3 is 2.92 bits per heavy atom. The molecular weight excluding hydrogens is 316 g/mol. The Hall–Kier alpha value is -2.37. The van der Waals surface area contributed by atoms with E-state index in [0.29, 0.717) is 31.3 Å². The van der Waals surface area contributed by atoms with Crippen molar-refractivity contribution in [2.24, 2.45) is 5.92 Å². The van der Waals surface area contributed by atoms with E-state index in [9.17, 15) is 4.79 Å². The molecule has 1 fully saturated rings. The van der Waals surface area contributed by atoms with Crippen molar-refractivity contribution in [3.63, 3.8) is 0 Å². The summed E-state index contributed by atoms with van der Waals surface area (Å²) in [5.41, 5.74) is 1.46. The Labute approximate surface area is 147 Å². The highest BCUT2D eigenvalue weighted by molar-refractivity contribution is 5.92. The van der Waals surface area contributed by atoms with Gasteiger partial charge in [0, 0.05) is 18.7 Å². The van der Waals surface area contributed by atoms with E-state index < -0.39 is 0 Å². The second-order valence-electron chi connectivity index (χ2n) is 7.01. The molecule has 0 unspecified atom stereocenters. The second kappa shape index (κ2) is 7.25. The lowest BCUT2D eigenvalue weighted by Crippen LogP contribution is -2.32. The average molecular weight is 340 g/mol. The van der Waals surface area contributed by atoms with E-state index in [2.05, 4.69) is 10.3 Å². The molecule has 132 valence electrons. The summed E-state index contributed by atoms with van der Waals surface area (Å²) in [5.74, 6) is 1.45. The highest BCUT2D eigenvalue weighted by atomic mass is 16.5. The maximum atomic E-state index is 12.8. The average Bonchev–Trinajstić information content (AvgIpc) is 2.99. The molecule has 0 radical (unpaired) electrons. The van der Waals surface area contributed by atoms with Crippen molar-refractivity contribution < 1.29 is 9.53 Å². The van der Waals surface area contributed by atoms with Crippen molar-refractivity contribution >= 4 is 5.91 Å². The van der Waals surface area contributed by atoms with Crippen molar-refractivity contribution in [2.45, 2.75) is 45.2 Å². The summed E-state index contributed by atoms with van der Waals surface area (Å²) in [7, 11) is 0. The normalized spacial score (nSPS) is 18.3. The number of hydrogen-bond donors (Lipinski definition) is 0. The van der Waals surface area contributed by atoms with Gasteiger partial charge in [0.2, 0.25) is 0 Å². The van der Waals surface area contributed by atoms with Crippen LogP contribution in [0.3, 0.4) is 0 Å². The van der Waals surface area contributed by atoms with E-state index in [1.165, 1.54) is 32.1 Å². The Morgan fingerprint density at radius 1 is 1.20 bits per heavy atom. The molecule has 25 heavy (non-hydrogen) atoms. The van der Waals surface area contributed by atoms with Gasteiger partial charge in [-0.1, -0.05) is 42.7 Å². The fraction of sp³-hybridized carbons (Fsp3) is 0.526. The van der Waals surface area contributed by atoms with Crippen LogP contribution in [0.15, 0.2) is 30.5 Å². The maximum Gasteiger partial charge on any atom is 0.276 e. The zero-order valence-electron chi connectivity index (χ0n) is 14.4. The van der Waals surface area contributed by atoms with Crippen LogP contribution in [0.2, 0.25) is 0 Å². The summed E-state index contributed by atoms with van der Waals surface area (Å²) >= 11 is 0. The first-order valence-corrected chi connectivity index (χ1v) is 9.20. The minimum atomic E-state index is -0.0739. The van der Waals surface area contributed by atoms with Crippen LogP contribution in [0.1, 0.15) is 48.2 Å². The van der Waals surface area contributed by atoms with Crippen LogP contribution in [0.5, 0.6) is 5.75 Å². The number of ether oxygens (including phenoxy) is 1. The SMILES string of the molecule is O=C(c1cn(CC2CCCCC2)nn1)N1CCOc2ccccc2C1. The molecule has 2 aliphatic rings. The van der Waals surface area contributed by atoms with E-state index in [4.69, 9.17) is 4.74 Å². The number of benzene rings is 1. The molecule has 1 aliphatic heterocycles. The quantitative estimate of drug-likeness (QED) is 0.862. The minimum absolute atomic E-state index is 0.0739. The van der Waals surface area contributed by atoms with Gasteiger partial charge in [-0.05, 0) is 24.8 Å². The molecule has 0 N–H and O–H groups in total. The first-order chi connectivity index (χ1) is 12.3. The van der Waals surface area contributed by atoms with Gasteiger partial charge in [0.1, 0.15) is 12.4 Å². The molecular formula is C19H24N4O2. The molecule has 2 heterocycles. The molecule has 6 heteroatoms. The number of para-hydroxylation sites is 1. The van der Waals surface area contributed by atoms with Crippen molar-refractivity contribution in [1.82, 2.24) is 19.9 Å². The van der Waals surface area contributed by atoms with E-state index in [1.54, 1.807) is 11.1 Å². The lowest BCUT2D eigenvalue weighted by atomic mass is 9.89. The van der Waals surface area contributed by atoms with Crippen LogP contribution in [0.25, 0.3) is 0 Å². The van der Waals surface area contributed by atoms with Gasteiger partial charge in [0.25, 0.3) is 5.91 Å². The van der Waals surface area contributed by atoms with Gasteiger partial charge in [0.15, 0.2) is 5.69 Å². The Balaban J connectivity index is 1.44. The molecule has 0 spiro atoms. The van der Waals surface area contributed by atoms with Gasteiger partial charge >= 0.3 is 0 Å². The molecule has 1 saturated carbocycles.